The van der Waals surface area contributed by atoms with Crippen LogP contribution in [0.25, 0.3) is 11.4 Å². The molecule has 2 aromatic rings. The molecule has 0 N–H and O–H groups in total. The van der Waals surface area contributed by atoms with E-state index in [2.05, 4.69) is 9.97 Å². The second-order valence-electron chi connectivity index (χ2n) is 3.75. The second-order valence-corrected chi connectivity index (χ2v) is 4.13. The lowest BCUT2D eigenvalue weighted by molar-refractivity contribution is -0.384. The van der Waals surface area contributed by atoms with Crippen molar-refractivity contribution in [3.05, 3.63) is 51.3 Å². The van der Waals surface area contributed by atoms with Crippen LogP contribution in [0.5, 0.6) is 0 Å². The van der Waals surface area contributed by atoms with Crippen molar-refractivity contribution in [2.75, 3.05) is 7.11 Å². The molecule has 1 aromatic heterocycles. The van der Waals surface area contributed by atoms with Gasteiger partial charge in [0.25, 0.3) is 5.69 Å². The maximum atomic E-state index is 10.7. The fourth-order valence-corrected chi connectivity index (χ4v) is 1.78. The summed E-state index contributed by atoms with van der Waals surface area (Å²) in [6.07, 6.45) is 0. The molecule has 0 radical (unpaired) electrons. The smallest absolute Gasteiger partial charge is 0.270 e. The lowest BCUT2D eigenvalue weighted by Gasteiger charge is -2.04. The Morgan fingerprint density at radius 1 is 1.37 bits per heavy atom. The van der Waals surface area contributed by atoms with Crippen LogP contribution in [0, 0.1) is 10.1 Å². The van der Waals surface area contributed by atoms with Gasteiger partial charge in [0.15, 0.2) is 5.82 Å². The zero-order chi connectivity index (χ0) is 13.8. The summed E-state index contributed by atoms with van der Waals surface area (Å²) in [5.74, 6) is 0.336. The number of hydrogen-bond acceptors (Lipinski definition) is 5. The largest absolute Gasteiger partial charge is 0.378 e. The Kier molecular flexibility index (Phi) is 4.03. The summed E-state index contributed by atoms with van der Waals surface area (Å²) in [7, 11) is 1.54. The zero-order valence-electron chi connectivity index (χ0n) is 10.0. The molecule has 0 aliphatic heterocycles. The number of benzene rings is 1. The van der Waals surface area contributed by atoms with Crippen LogP contribution < -0.4 is 0 Å². The average molecular weight is 280 g/mol. The summed E-state index contributed by atoms with van der Waals surface area (Å²) in [6, 6.07) is 7.67. The number of hydrogen-bond donors (Lipinski definition) is 0. The lowest BCUT2D eigenvalue weighted by Crippen LogP contribution is -1.98. The Morgan fingerprint density at radius 3 is 2.84 bits per heavy atom. The van der Waals surface area contributed by atoms with E-state index >= 15 is 0 Å². The van der Waals surface area contributed by atoms with E-state index in [-0.39, 0.29) is 10.8 Å². The van der Waals surface area contributed by atoms with Crippen LogP contribution >= 0.6 is 11.6 Å². The van der Waals surface area contributed by atoms with E-state index in [0.29, 0.717) is 23.7 Å². The average Bonchev–Trinajstić information content (AvgIpc) is 2.38. The summed E-state index contributed by atoms with van der Waals surface area (Å²) in [4.78, 5) is 18.6. The molecule has 0 saturated heterocycles. The molecule has 1 aromatic carbocycles. The fourth-order valence-electron chi connectivity index (χ4n) is 1.57. The van der Waals surface area contributed by atoms with Gasteiger partial charge in [0.05, 0.1) is 17.2 Å². The van der Waals surface area contributed by atoms with Crippen molar-refractivity contribution < 1.29 is 9.66 Å². The predicted molar refractivity (Wildman–Crippen MR) is 69.8 cm³/mol. The van der Waals surface area contributed by atoms with Crippen molar-refractivity contribution in [1.82, 2.24) is 9.97 Å². The van der Waals surface area contributed by atoms with Gasteiger partial charge >= 0.3 is 0 Å². The highest BCUT2D eigenvalue weighted by Gasteiger charge is 2.10. The number of ether oxygens (including phenoxy) is 1. The first-order valence-electron chi connectivity index (χ1n) is 5.37. The molecule has 1 heterocycles. The van der Waals surface area contributed by atoms with Gasteiger partial charge in [0, 0.05) is 24.8 Å². The lowest BCUT2D eigenvalue weighted by atomic mass is 10.2. The summed E-state index contributed by atoms with van der Waals surface area (Å²) in [5.41, 5.74) is 1.13. The maximum Gasteiger partial charge on any atom is 0.270 e. The second kappa shape index (κ2) is 5.73. The van der Waals surface area contributed by atoms with Crippen molar-refractivity contribution in [2.45, 2.75) is 6.61 Å². The molecule has 19 heavy (non-hydrogen) atoms. The SMILES string of the molecule is COCc1cc(Cl)nc(-c2cccc([N+](=O)[O-])c2)n1. The Labute approximate surface area is 114 Å². The third kappa shape index (κ3) is 3.24. The van der Waals surface area contributed by atoms with Crippen LogP contribution in [0.1, 0.15) is 5.69 Å². The quantitative estimate of drug-likeness (QED) is 0.488. The van der Waals surface area contributed by atoms with Gasteiger partial charge in [-0.05, 0) is 6.07 Å². The molecule has 0 aliphatic carbocycles. The summed E-state index contributed by atoms with van der Waals surface area (Å²) in [6.45, 7) is 0.296. The Bertz CT molecular complexity index is 619. The highest BCUT2D eigenvalue weighted by atomic mass is 35.5. The number of nitro groups is 1. The first kappa shape index (κ1) is 13.4. The predicted octanol–water partition coefficient (Wildman–Crippen LogP) is 2.85. The van der Waals surface area contributed by atoms with Crippen molar-refractivity contribution >= 4 is 17.3 Å². The van der Waals surface area contributed by atoms with E-state index in [1.807, 2.05) is 0 Å². The minimum absolute atomic E-state index is 0.0191. The van der Waals surface area contributed by atoms with Crippen LogP contribution in [0.4, 0.5) is 5.69 Å². The maximum absolute atomic E-state index is 10.7. The molecule has 0 amide bonds. The fraction of sp³-hybridized carbons (Fsp3) is 0.167. The van der Waals surface area contributed by atoms with Gasteiger partial charge in [-0.1, -0.05) is 23.7 Å². The zero-order valence-corrected chi connectivity index (χ0v) is 10.8. The van der Waals surface area contributed by atoms with E-state index in [0.717, 1.165) is 0 Å². The number of halogens is 1. The molecule has 0 unspecified atom stereocenters. The Hall–Kier alpha value is -2.05. The molecule has 6 nitrogen and oxygen atoms in total. The molecule has 0 atom stereocenters. The molecule has 7 heteroatoms. The number of methoxy groups -OCH3 is 1. The van der Waals surface area contributed by atoms with E-state index in [1.165, 1.54) is 12.1 Å². The first-order valence-corrected chi connectivity index (χ1v) is 5.75. The highest BCUT2D eigenvalue weighted by Crippen LogP contribution is 2.22. The summed E-state index contributed by atoms with van der Waals surface area (Å²) >= 11 is 5.90. The first-order chi connectivity index (χ1) is 9.10. The van der Waals surface area contributed by atoms with Gasteiger partial charge in [-0.15, -0.1) is 0 Å². The third-order valence-electron chi connectivity index (χ3n) is 2.36. The van der Waals surface area contributed by atoms with Crippen LogP contribution in [-0.4, -0.2) is 22.0 Å². The summed E-state index contributed by atoms with van der Waals surface area (Å²) in [5, 5.41) is 11.0. The molecule has 0 bridgehead atoms. The van der Waals surface area contributed by atoms with E-state index in [9.17, 15) is 10.1 Å². The minimum Gasteiger partial charge on any atom is -0.378 e. The van der Waals surface area contributed by atoms with Gasteiger partial charge in [0.2, 0.25) is 0 Å². The number of nitrogens with zero attached hydrogens (tertiary/aromatic N) is 3. The van der Waals surface area contributed by atoms with Crippen LogP contribution in [0.2, 0.25) is 5.15 Å². The Balaban J connectivity index is 2.46. The highest BCUT2D eigenvalue weighted by molar-refractivity contribution is 6.29. The topological polar surface area (TPSA) is 78.2 Å². The summed E-state index contributed by atoms with van der Waals surface area (Å²) < 4.78 is 4.98. The number of nitro benzene ring substituents is 1. The van der Waals surface area contributed by atoms with Crippen molar-refractivity contribution in [3.63, 3.8) is 0 Å². The van der Waals surface area contributed by atoms with E-state index in [1.54, 1.807) is 25.3 Å². The number of aromatic nitrogens is 2. The van der Waals surface area contributed by atoms with Crippen molar-refractivity contribution in [1.29, 1.82) is 0 Å². The molecule has 0 aliphatic rings. The van der Waals surface area contributed by atoms with Crippen LogP contribution in [0.15, 0.2) is 30.3 Å². The molecule has 2 rings (SSSR count). The van der Waals surface area contributed by atoms with E-state index < -0.39 is 4.92 Å². The van der Waals surface area contributed by atoms with Crippen molar-refractivity contribution in [3.8, 4) is 11.4 Å². The molecule has 0 fully saturated rings. The van der Waals surface area contributed by atoms with Crippen LogP contribution in [0.3, 0.4) is 0 Å². The van der Waals surface area contributed by atoms with Gasteiger partial charge in [-0.2, -0.15) is 0 Å². The standard InChI is InChI=1S/C12H10ClN3O3/c1-19-7-9-6-11(13)15-12(14-9)8-3-2-4-10(5-8)16(17)18/h2-6H,7H2,1H3. The van der Waals surface area contributed by atoms with Gasteiger partial charge in [0.1, 0.15) is 5.15 Å². The Morgan fingerprint density at radius 2 is 2.16 bits per heavy atom. The number of rotatable bonds is 4. The number of non-ortho nitro benzene ring substituents is 1. The van der Waals surface area contributed by atoms with Gasteiger partial charge in [-0.25, -0.2) is 9.97 Å². The van der Waals surface area contributed by atoms with Gasteiger partial charge < -0.3 is 4.74 Å². The molecule has 0 spiro atoms. The third-order valence-corrected chi connectivity index (χ3v) is 2.55. The normalized spacial score (nSPS) is 10.4. The monoisotopic (exact) mass is 279 g/mol. The molecule has 98 valence electrons. The van der Waals surface area contributed by atoms with Gasteiger partial charge in [-0.3, -0.25) is 10.1 Å². The molecule has 0 saturated carbocycles. The molecular formula is C12H10ClN3O3. The van der Waals surface area contributed by atoms with E-state index in [4.69, 9.17) is 16.3 Å². The molecular weight excluding hydrogens is 270 g/mol. The van der Waals surface area contributed by atoms with Crippen LogP contribution in [-0.2, 0) is 11.3 Å². The van der Waals surface area contributed by atoms with Crippen molar-refractivity contribution in [2.24, 2.45) is 0 Å². The minimum atomic E-state index is -0.468.